The Labute approximate surface area is 176 Å². The Balaban J connectivity index is 1.68. The number of primary amides is 1. The third-order valence-corrected chi connectivity index (χ3v) is 5.25. The summed E-state index contributed by atoms with van der Waals surface area (Å²) in [4.78, 5) is 17.9. The molecule has 2 aromatic heterocycles. The zero-order chi connectivity index (χ0) is 22.3. The molecule has 4 rings (SSSR count). The fraction of sp³-hybridized carbons (Fsp3) is 0.381. The molecule has 2 N–H and O–H groups in total. The summed E-state index contributed by atoms with van der Waals surface area (Å²) in [5, 5.41) is 4.97. The van der Waals surface area contributed by atoms with Gasteiger partial charge in [-0.15, -0.1) is 0 Å². The molecule has 3 heterocycles. The van der Waals surface area contributed by atoms with Gasteiger partial charge in [-0.25, -0.2) is 4.98 Å². The molecule has 1 saturated heterocycles. The first kappa shape index (κ1) is 21.3. The highest BCUT2D eigenvalue weighted by atomic mass is 19.4. The summed E-state index contributed by atoms with van der Waals surface area (Å²) in [6.07, 6.45) is -3.25. The summed E-state index contributed by atoms with van der Waals surface area (Å²) < 4.78 is 46.2. The molecule has 1 aliphatic heterocycles. The number of carbonyl (C=O) groups is 1. The predicted molar refractivity (Wildman–Crippen MR) is 108 cm³/mol. The number of amides is 1. The molecule has 0 saturated carbocycles. The zero-order valence-electron chi connectivity index (χ0n) is 17.1. The minimum Gasteiger partial charge on any atom is -0.364 e. The van der Waals surface area contributed by atoms with Crippen LogP contribution in [0.4, 0.5) is 13.2 Å². The third-order valence-electron chi connectivity index (χ3n) is 5.25. The van der Waals surface area contributed by atoms with Crippen LogP contribution in [-0.2, 0) is 18.3 Å². The number of aryl methyl sites for hydroxylation is 1. The normalized spacial score (nSPS) is 20.3. The van der Waals surface area contributed by atoms with Crippen LogP contribution in [0.3, 0.4) is 0 Å². The second-order valence-corrected chi connectivity index (χ2v) is 7.84. The van der Waals surface area contributed by atoms with Crippen molar-refractivity contribution in [1.29, 1.82) is 0 Å². The summed E-state index contributed by atoms with van der Waals surface area (Å²) >= 11 is 0. The first-order valence-corrected chi connectivity index (χ1v) is 9.77. The molecule has 164 valence electrons. The van der Waals surface area contributed by atoms with Gasteiger partial charge in [0.05, 0.1) is 17.8 Å². The molecule has 0 bridgehead atoms. The number of benzene rings is 1. The SMILES string of the molecule is C[C@@H]1CN(Cc2ccc3c(-c4cnn(C)c4)cc(C(N)=O)nc3c2)C[C@H](C(F)(F)F)O1. The highest BCUT2D eigenvalue weighted by Gasteiger charge is 2.44. The second kappa shape index (κ2) is 7.93. The number of carbonyl (C=O) groups excluding carboxylic acids is 1. The van der Waals surface area contributed by atoms with Gasteiger partial charge in [-0.1, -0.05) is 12.1 Å². The quantitative estimate of drug-likeness (QED) is 0.684. The molecule has 7 nitrogen and oxygen atoms in total. The Bertz CT molecular complexity index is 1130. The lowest BCUT2D eigenvalue weighted by Crippen LogP contribution is -2.51. The van der Waals surface area contributed by atoms with E-state index in [0.29, 0.717) is 18.6 Å². The van der Waals surface area contributed by atoms with Gasteiger partial charge in [-0.3, -0.25) is 14.4 Å². The molecule has 1 amide bonds. The Kier molecular flexibility index (Phi) is 5.44. The van der Waals surface area contributed by atoms with Gasteiger partial charge in [-0.05, 0) is 30.2 Å². The molecular formula is C21H22F3N5O2. The number of morpholine rings is 1. The van der Waals surface area contributed by atoms with E-state index in [-0.39, 0.29) is 12.2 Å². The Morgan fingerprint density at radius 2 is 2.06 bits per heavy atom. The molecule has 0 unspecified atom stereocenters. The first-order valence-electron chi connectivity index (χ1n) is 9.77. The molecule has 1 aliphatic rings. The minimum atomic E-state index is -4.41. The smallest absolute Gasteiger partial charge is 0.364 e. The van der Waals surface area contributed by atoms with Crippen molar-refractivity contribution < 1.29 is 22.7 Å². The number of hydrogen-bond donors (Lipinski definition) is 1. The average molecular weight is 433 g/mol. The van der Waals surface area contributed by atoms with Crippen LogP contribution in [0.15, 0.2) is 36.7 Å². The predicted octanol–water partition coefficient (Wildman–Crippen LogP) is 2.89. The number of halogens is 3. The monoisotopic (exact) mass is 433 g/mol. The zero-order valence-corrected chi connectivity index (χ0v) is 17.1. The van der Waals surface area contributed by atoms with Crippen LogP contribution in [-0.4, -0.2) is 57.0 Å². The van der Waals surface area contributed by atoms with Crippen LogP contribution in [0.25, 0.3) is 22.0 Å². The van der Waals surface area contributed by atoms with Gasteiger partial charge >= 0.3 is 6.18 Å². The number of hydrogen-bond acceptors (Lipinski definition) is 5. The Morgan fingerprint density at radius 3 is 2.71 bits per heavy atom. The summed E-state index contributed by atoms with van der Waals surface area (Å²) in [5.74, 6) is -0.660. The summed E-state index contributed by atoms with van der Waals surface area (Å²) in [7, 11) is 1.79. The van der Waals surface area contributed by atoms with Crippen molar-refractivity contribution in [2.45, 2.75) is 31.9 Å². The number of alkyl halides is 3. The van der Waals surface area contributed by atoms with E-state index < -0.39 is 24.3 Å². The van der Waals surface area contributed by atoms with Gasteiger partial charge < -0.3 is 10.5 Å². The van der Waals surface area contributed by atoms with Crippen LogP contribution >= 0.6 is 0 Å². The summed E-state index contributed by atoms with van der Waals surface area (Å²) in [5.41, 5.74) is 8.47. The molecule has 0 spiro atoms. The second-order valence-electron chi connectivity index (χ2n) is 7.84. The van der Waals surface area contributed by atoms with Crippen molar-refractivity contribution in [3.63, 3.8) is 0 Å². The Morgan fingerprint density at radius 1 is 1.29 bits per heavy atom. The maximum Gasteiger partial charge on any atom is 0.415 e. The van der Waals surface area contributed by atoms with Gasteiger partial charge in [0.15, 0.2) is 6.10 Å². The number of rotatable bonds is 4. The van der Waals surface area contributed by atoms with E-state index in [0.717, 1.165) is 22.1 Å². The van der Waals surface area contributed by atoms with Crippen LogP contribution in [0.1, 0.15) is 23.0 Å². The molecule has 3 aromatic rings. The largest absolute Gasteiger partial charge is 0.415 e. The number of nitrogens with zero attached hydrogens (tertiary/aromatic N) is 4. The van der Waals surface area contributed by atoms with Crippen molar-refractivity contribution in [3.8, 4) is 11.1 Å². The van der Waals surface area contributed by atoms with Gasteiger partial charge in [0, 0.05) is 43.8 Å². The van der Waals surface area contributed by atoms with Gasteiger partial charge in [0.25, 0.3) is 5.91 Å². The first-order chi connectivity index (χ1) is 14.6. The fourth-order valence-electron chi connectivity index (χ4n) is 3.90. The van der Waals surface area contributed by atoms with E-state index >= 15 is 0 Å². The topological polar surface area (TPSA) is 86.3 Å². The van der Waals surface area contributed by atoms with Crippen LogP contribution in [0.5, 0.6) is 0 Å². The molecule has 0 aliphatic carbocycles. The third kappa shape index (κ3) is 4.54. The van der Waals surface area contributed by atoms with E-state index in [2.05, 4.69) is 10.1 Å². The van der Waals surface area contributed by atoms with Crippen molar-refractivity contribution in [2.75, 3.05) is 13.1 Å². The number of fused-ring (bicyclic) bond motifs is 1. The number of nitrogens with two attached hydrogens (primary N) is 1. The number of aromatic nitrogens is 3. The number of pyridine rings is 1. The van der Waals surface area contributed by atoms with Gasteiger partial charge in [0.2, 0.25) is 0 Å². The van der Waals surface area contributed by atoms with Crippen LogP contribution < -0.4 is 5.73 Å². The van der Waals surface area contributed by atoms with Crippen LogP contribution in [0.2, 0.25) is 0 Å². The molecule has 1 fully saturated rings. The van der Waals surface area contributed by atoms with Crippen molar-refractivity contribution in [3.05, 3.63) is 47.9 Å². The average Bonchev–Trinajstić information content (AvgIpc) is 3.12. The standard InChI is InChI=1S/C21H22F3N5O2/c1-12-8-29(11-19(31-12)21(22,23)24)9-13-3-4-15-16(14-7-26-28(2)10-14)6-18(20(25)30)27-17(15)5-13/h3-7,10,12,19H,8-9,11H2,1-2H3,(H2,25,30)/t12-,19-/m1/s1. The molecule has 2 atom stereocenters. The van der Waals surface area contributed by atoms with E-state index in [4.69, 9.17) is 10.5 Å². The fourth-order valence-corrected chi connectivity index (χ4v) is 3.90. The molecule has 31 heavy (non-hydrogen) atoms. The molecular weight excluding hydrogens is 411 g/mol. The lowest BCUT2D eigenvalue weighted by Gasteiger charge is -2.37. The van der Waals surface area contributed by atoms with Crippen molar-refractivity contribution in [2.24, 2.45) is 12.8 Å². The number of ether oxygens (including phenoxy) is 1. The van der Waals surface area contributed by atoms with Crippen molar-refractivity contribution in [1.82, 2.24) is 19.7 Å². The highest BCUT2D eigenvalue weighted by Crippen LogP contribution is 2.31. The molecule has 10 heteroatoms. The lowest BCUT2D eigenvalue weighted by atomic mass is 10.0. The van der Waals surface area contributed by atoms with E-state index in [1.165, 1.54) is 0 Å². The van der Waals surface area contributed by atoms with Crippen molar-refractivity contribution >= 4 is 16.8 Å². The van der Waals surface area contributed by atoms with Crippen LogP contribution in [0, 0.1) is 0 Å². The lowest BCUT2D eigenvalue weighted by molar-refractivity contribution is -0.252. The summed E-state index contributed by atoms with van der Waals surface area (Å²) in [6, 6.07) is 7.12. The Hall–Kier alpha value is -2.98. The van der Waals surface area contributed by atoms with E-state index in [9.17, 15) is 18.0 Å². The molecule has 0 radical (unpaired) electrons. The van der Waals surface area contributed by atoms with E-state index in [1.54, 1.807) is 41.9 Å². The molecule has 1 aromatic carbocycles. The minimum absolute atomic E-state index is 0.112. The van der Waals surface area contributed by atoms with Gasteiger partial charge in [-0.2, -0.15) is 18.3 Å². The highest BCUT2D eigenvalue weighted by molar-refractivity contribution is 6.00. The maximum atomic E-state index is 13.2. The summed E-state index contributed by atoms with van der Waals surface area (Å²) in [6.45, 7) is 2.09. The van der Waals surface area contributed by atoms with Gasteiger partial charge in [0.1, 0.15) is 5.69 Å². The maximum absolute atomic E-state index is 13.2. The van der Waals surface area contributed by atoms with E-state index in [1.807, 2.05) is 18.3 Å².